The van der Waals surface area contributed by atoms with Gasteiger partial charge in [-0.05, 0) is 17.2 Å². The summed E-state index contributed by atoms with van der Waals surface area (Å²) < 4.78 is 0. The zero-order chi connectivity index (χ0) is 11.7. The summed E-state index contributed by atoms with van der Waals surface area (Å²) in [6.07, 6.45) is 4.28. The number of para-hydroxylation sites is 1. The predicted octanol–water partition coefficient (Wildman–Crippen LogP) is 4.52. The summed E-state index contributed by atoms with van der Waals surface area (Å²) in [5.41, 5.74) is 3.41. The number of hydrogen-bond donors (Lipinski definition) is 1. The maximum absolute atomic E-state index is 6.20. The van der Waals surface area contributed by atoms with Gasteiger partial charge in [-0.1, -0.05) is 66.2 Å². The Morgan fingerprint density at radius 2 is 1.76 bits per heavy atom. The Morgan fingerprint density at radius 1 is 0.941 bits per heavy atom. The highest BCUT2D eigenvalue weighted by Gasteiger charge is 2.15. The van der Waals surface area contributed by atoms with Crippen molar-refractivity contribution in [1.29, 1.82) is 0 Å². The molecular formula is C15H12ClN. The maximum atomic E-state index is 6.20. The third-order valence-corrected chi connectivity index (χ3v) is 3.29. The van der Waals surface area contributed by atoms with E-state index in [1.54, 1.807) is 0 Å². The number of nitrogens with one attached hydrogen (secondary N) is 1. The van der Waals surface area contributed by atoms with Gasteiger partial charge in [0.2, 0.25) is 0 Å². The second-order valence-corrected chi connectivity index (χ2v) is 4.50. The van der Waals surface area contributed by atoms with Gasteiger partial charge in [-0.25, -0.2) is 0 Å². The number of halogens is 1. The minimum absolute atomic E-state index is 0.198. The molecule has 0 radical (unpaired) electrons. The molecule has 2 aromatic rings. The van der Waals surface area contributed by atoms with Crippen molar-refractivity contribution < 1.29 is 0 Å². The molecule has 2 heteroatoms. The summed E-state index contributed by atoms with van der Waals surface area (Å²) >= 11 is 6.20. The Hall–Kier alpha value is -1.73. The van der Waals surface area contributed by atoms with Crippen LogP contribution in [-0.2, 0) is 0 Å². The van der Waals surface area contributed by atoms with Gasteiger partial charge in [0.15, 0.2) is 0 Å². The third kappa shape index (κ3) is 1.94. The molecule has 0 saturated carbocycles. The normalized spacial score (nSPS) is 17.4. The average molecular weight is 242 g/mol. The zero-order valence-electron chi connectivity index (χ0n) is 9.23. The summed E-state index contributed by atoms with van der Waals surface area (Å²) in [4.78, 5) is 0. The van der Waals surface area contributed by atoms with Crippen LogP contribution in [0.25, 0.3) is 6.08 Å². The van der Waals surface area contributed by atoms with Crippen LogP contribution in [0.4, 0.5) is 5.69 Å². The van der Waals surface area contributed by atoms with Gasteiger partial charge in [-0.2, -0.15) is 0 Å². The highest BCUT2D eigenvalue weighted by Crippen LogP contribution is 2.34. The first-order valence-corrected chi connectivity index (χ1v) is 6.00. The third-order valence-electron chi connectivity index (χ3n) is 2.97. The Balaban J connectivity index is 1.99. The van der Waals surface area contributed by atoms with Crippen molar-refractivity contribution in [3.63, 3.8) is 0 Å². The Morgan fingerprint density at radius 3 is 2.59 bits per heavy atom. The van der Waals surface area contributed by atoms with Gasteiger partial charge < -0.3 is 5.32 Å². The minimum atomic E-state index is 0.198. The molecule has 0 fully saturated rings. The molecule has 0 bridgehead atoms. The minimum Gasteiger partial charge on any atom is -0.373 e. The molecule has 0 amide bonds. The van der Waals surface area contributed by atoms with Gasteiger partial charge in [0, 0.05) is 0 Å². The van der Waals surface area contributed by atoms with Crippen LogP contribution in [0.1, 0.15) is 17.2 Å². The second kappa shape index (κ2) is 4.27. The lowest BCUT2D eigenvalue weighted by Crippen LogP contribution is -2.12. The van der Waals surface area contributed by atoms with E-state index in [4.69, 9.17) is 11.6 Å². The molecule has 1 nitrogen and oxygen atoms in total. The summed E-state index contributed by atoms with van der Waals surface area (Å²) in [6, 6.07) is 16.5. The predicted molar refractivity (Wildman–Crippen MR) is 73.3 cm³/mol. The first-order valence-electron chi connectivity index (χ1n) is 5.63. The molecular weight excluding hydrogens is 230 g/mol. The molecule has 84 valence electrons. The molecule has 1 aliphatic heterocycles. The number of fused-ring (bicyclic) bond motifs is 1. The quantitative estimate of drug-likeness (QED) is 0.774. The second-order valence-electron chi connectivity index (χ2n) is 4.10. The molecule has 1 N–H and O–H groups in total. The van der Waals surface area contributed by atoms with Crippen LogP contribution < -0.4 is 5.32 Å². The largest absolute Gasteiger partial charge is 0.373 e. The van der Waals surface area contributed by atoms with E-state index in [1.165, 1.54) is 5.56 Å². The lowest BCUT2D eigenvalue weighted by atomic mass is 10.00. The molecule has 1 unspecified atom stereocenters. The van der Waals surface area contributed by atoms with Crippen LogP contribution in [0, 0.1) is 0 Å². The lowest BCUT2D eigenvalue weighted by Gasteiger charge is -2.23. The van der Waals surface area contributed by atoms with Gasteiger partial charge in [0.05, 0.1) is 16.8 Å². The number of anilines is 1. The molecule has 0 aromatic heterocycles. The Kier molecular flexibility index (Phi) is 2.62. The average Bonchev–Trinajstić information content (AvgIpc) is 2.40. The zero-order valence-corrected chi connectivity index (χ0v) is 9.98. The van der Waals surface area contributed by atoms with E-state index < -0.39 is 0 Å². The van der Waals surface area contributed by atoms with Gasteiger partial charge in [-0.15, -0.1) is 0 Å². The van der Waals surface area contributed by atoms with E-state index in [1.807, 2.05) is 30.3 Å². The van der Waals surface area contributed by atoms with Crippen LogP contribution in [0.5, 0.6) is 0 Å². The van der Waals surface area contributed by atoms with E-state index >= 15 is 0 Å². The van der Waals surface area contributed by atoms with E-state index in [0.717, 1.165) is 16.3 Å². The molecule has 1 atom stereocenters. The molecule has 3 rings (SSSR count). The summed E-state index contributed by atoms with van der Waals surface area (Å²) in [6.45, 7) is 0. The standard InChI is InChI=1S/C15H12ClN/c16-13-8-4-7-12-9-10-14(17-15(12)13)11-5-2-1-3-6-11/h1-10,14,17H. The van der Waals surface area contributed by atoms with E-state index in [2.05, 4.69) is 35.7 Å². The van der Waals surface area contributed by atoms with E-state index in [0.29, 0.717) is 0 Å². The van der Waals surface area contributed by atoms with Crippen LogP contribution >= 0.6 is 11.6 Å². The van der Waals surface area contributed by atoms with Crippen molar-refractivity contribution in [2.24, 2.45) is 0 Å². The number of benzene rings is 2. The van der Waals surface area contributed by atoms with Crippen LogP contribution in [-0.4, -0.2) is 0 Å². The van der Waals surface area contributed by atoms with E-state index in [-0.39, 0.29) is 6.04 Å². The summed E-state index contributed by atoms with van der Waals surface area (Å²) in [7, 11) is 0. The fourth-order valence-corrected chi connectivity index (χ4v) is 2.33. The molecule has 2 aromatic carbocycles. The van der Waals surface area contributed by atoms with Crippen molar-refractivity contribution in [1.82, 2.24) is 0 Å². The van der Waals surface area contributed by atoms with Crippen molar-refractivity contribution >= 4 is 23.4 Å². The fourth-order valence-electron chi connectivity index (χ4n) is 2.09. The van der Waals surface area contributed by atoms with Crippen molar-refractivity contribution in [2.45, 2.75) is 6.04 Å². The Bertz CT molecular complexity index is 560. The molecule has 0 spiro atoms. The Labute approximate surface area is 106 Å². The lowest BCUT2D eigenvalue weighted by molar-refractivity contribution is 0.979. The smallest absolute Gasteiger partial charge is 0.0701 e. The van der Waals surface area contributed by atoms with Crippen LogP contribution in [0.3, 0.4) is 0 Å². The SMILES string of the molecule is Clc1cccc2c1NC(c1ccccc1)C=C2. The highest BCUT2D eigenvalue weighted by molar-refractivity contribution is 6.33. The monoisotopic (exact) mass is 241 g/mol. The van der Waals surface area contributed by atoms with Crippen LogP contribution in [0.15, 0.2) is 54.6 Å². The van der Waals surface area contributed by atoms with Crippen molar-refractivity contribution in [3.8, 4) is 0 Å². The van der Waals surface area contributed by atoms with Crippen LogP contribution in [0.2, 0.25) is 5.02 Å². The topological polar surface area (TPSA) is 12.0 Å². The van der Waals surface area contributed by atoms with Gasteiger partial charge in [0.1, 0.15) is 0 Å². The molecule has 1 aliphatic rings. The van der Waals surface area contributed by atoms with E-state index in [9.17, 15) is 0 Å². The first-order chi connectivity index (χ1) is 8.34. The highest BCUT2D eigenvalue weighted by atomic mass is 35.5. The molecule has 0 saturated heterocycles. The molecule has 0 aliphatic carbocycles. The van der Waals surface area contributed by atoms with Crippen molar-refractivity contribution in [3.05, 3.63) is 70.8 Å². The van der Waals surface area contributed by atoms with Gasteiger partial charge >= 0.3 is 0 Å². The first kappa shape index (κ1) is 10.4. The number of hydrogen-bond acceptors (Lipinski definition) is 1. The maximum Gasteiger partial charge on any atom is 0.0701 e. The summed E-state index contributed by atoms with van der Waals surface area (Å²) in [5.74, 6) is 0. The van der Waals surface area contributed by atoms with Crippen molar-refractivity contribution in [2.75, 3.05) is 5.32 Å². The molecule has 1 heterocycles. The molecule has 17 heavy (non-hydrogen) atoms. The van der Waals surface area contributed by atoms with Gasteiger partial charge in [-0.3, -0.25) is 0 Å². The summed E-state index contributed by atoms with van der Waals surface area (Å²) in [5, 5.41) is 4.23. The van der Waals surface area contributed by atoms with Gasteiger partial charge in [0.25, 0.3) is 0 Å². The fraction of sp³-hybridized carbons (Fsp3) is 0.0667. The number of rotatable bonds is 1.